The van der Waals surface area contributed by atoms with E-state index in [4.69, 9.17) is 11.6 Å². The van der Waals surface area contributed by atoms with Crippen molar-refractivity contribution >= 4 is 26.7 Å². The first-order chi connectivity index (χ1) is 4.41. The number of hydrogen-bond donors (Lipinski definition) is 0. The predicted octanol–water partition coefficient (Wildman–Crippen LogP) is 0.575. The lowest BCUT2D eigenvalue weighted by Crippen LogP contribution is -2.25. The zero-order valence-corrected chi connectivity index (χ0v) is 7.37. The van der Waals surface area contributed by atoms with Crippen LogP contribution in [0.1, 0.15) is 13.8 Å². The number of sulfone groups is 1. The first-order valence-electron chi connectivity index (χ1n) is 2.82. The minimum absolute atomic E-state index is 0.0490. The van der Waals surface area contributed by atoms with Crippen LogP contribution in [0, 0.1) is 0 Å². The van der Waals surface area contributed by atoms with Gasteiger partial charge >= 0.3 is 0 Å². The van der Waals surface area contributed by atoms with Crippen LogP contribution in [-0.4, -0.2) is 24.7 Å². The molecule has 0 aliphatic heterocycles. The third kappa shape index (κ3) is 2.27. The van der Waals surface area contributed by atoms with Crippen LogP contribution in [0.5, 0.6) is 0 Å². The maximum absolute atomic E-state index is 10.8. The number of rotatable bonds is 3. The van der Waals surface area contributed by atoms with Gasteiger partial charge in [-0.2, -0.15) is 0 Å². The van der Waals surface area contributed by atoms with E-state index < -0.39 is 20.3 Å². The molecule has 0 fully saturated rings. The van der Waals surface area contributed by atoms with Crippen molar-refractivity contribution in [3.05, 3.63) is 0 Å². The maximum atomic E-state index is 10.8. The van der Waals surface area contributed by atoms with E-state index in [1.54, 1.807) is 0 Å². The van der Waals surface area contributed by atoms with Gasteiger partial charge in [0.1, 0.15) is 5.25 Å². The van der Waals surface area contributed by atoms with Crippen molar-refractivity contribution in [1.29, 1.82) is 0 Å². The Balaban J connectivity index is 4.51. The van der Waals surface area contributed by atoms with E-state index in [1.165, 1.54) is 13.8 Å². The first kappa shape index (κ1) is 9.91. The Labute approximate surface area is 65.3 Å². The SMILES string of the molecule is CCS(=O)(=O)C(C)C(=O)Cl. The summed E-state index contributed by atoms with van der Waals surface area (Å²) in [5, 5.41) is -1.89. The van der Waals surface area contributed by atoms with Gasteiger partial charge in [0, 0.05) is 5.75 Å². The van der Waals surface area contributed by atoms with Crippen molar-refractivity contribution in [3.8, 4) is 0 Å². The Morgan fingerprint density at radius 3 is 2.10 bits per heavy atom. The summed E-state index contributed by atoms with van der Waals surface area (Å²) >= 11 is 4.97. The van der Waals surface area contributed by atoms with Crippen LogP contribution >= 0.6 is 11.6 Å². The number of halogens is 1. The van der Waals surface area contributed by atoms with Gasteiger partial charge in [-0.1, -0.05) is 6.92 Å². The minimum Gasteiger partial charge on any atom is -0.280 e. The monoisotopic (exact) mass is 184 g/mol. The molecule has 0 rings (SSSR count). The molecule has 0 saturated carbocycles. The highest BCUT2D eigenvalue weighted by molar-refractivity contribution is 7.92. The summed E-state index contributed by atoms with van der Waals surface area (Å²) in [4.78, 5) is 10.3. The fourth-order valence-electron chi connectivity index (χ4n) is 0.391. The molecule has 0 aromatic carbocycles. The van der Waals surface area contributed by atoms with E-state index in [2.05, 4.69) is 0 Å². The van der Waals surface area contributed by atoms with Crippen molar-refractivity contribution < 1.29 is 13.2 Å². The molecule has 0 N–H and O–H groups in total. The lowest BCUT2D eigenvalue weighted by Gasteiger charge is -2.03. The fourth-order valence-corrected chi connectivity index (χ4v) is 1.58. The second kappa shape index (κ2) is 3.34. The molecule has 0 spiro atoms. The number of carbonyl (C=O) groups is 1. The fraction of sp³-hybridized carbons (Fsp3) is 0.800. The molecule has 60 valence electrons. The van der Waals surface area contributed by atoms with Gasteiger partial charge in [-0.15, -0.1) is 0 Å². The smallest absolute Gasteiger partial charge is 0.239 e. The molecule has 0 radical (unpaired) electrons. The van der Waals surface area contributed by atoms with Gasteiger partial charge in [-0.25, -0.2) is 8.42 Å². The van der Waals surface area contributed by atoms with Crippen LogP contribution < -0.4 is 0 Å². The molecule has 0 saturated heterocycles. The van der Waals surface area contributed by atoms with Crippen molar-refractivity contribution in [1.82, 2.24) is 0 Å². The molecule has 0 bridgehead atoms. The quantitative estimate of drug-likeness (QED) is 0.603. The third-order valence-corrected chi connectivity index (χ3v) is 3.81. The topological polar surface area (TPSA) is 51.2 Å². The van der Waals surface area contributed by atoms with E-state index >= 15 is 0 Å². The minimum atomic E-state index is -3.28. The average Bonchev–Trinajstić information content (AvgIpc) is 1.86. The van der Waals surface area contributed by atoms with E-state index in [-0.39, 0.29) is 5.75 Å². The number of hydrogen-bond acceptors (Lipinski definition) is 3. The van der Waals surface area contributed by atoms with Crippen molar-refractivity contribution in [2.24, 2.45) is 0 Å². The van der Waals surface area contributed by atoms with E-state index in [0.717, 1.165) is 0 Å². The highest BCUT2D eigenvalue weighted by Gasteiger charge is 2.23. The maximum Gasteiger partial charge on any atom is 0.239 e. The van der Waals surface area contributed by atoms with E-state index in [9.17, 15) is 13.2 Å². The van der Waals surface area contributed by atoms with Gasteiger partial charge in [-0.3, -0.25) is 4.79 Å². The standard InChI is InChI=1S/C5H9ClO3S/c1-3-10(8,9)4(2)5(6)7/h4H,3H2,1-2H3. The molecule has 0 aromatic heterocycles. The normalized spacial score (nSPS) is 14.7. The Hall–Kier alpha value is -0.0900. The van der Waals surface area contributed by atoms with Crippen LogP contribution in [0.3, 0.4) is 0 Å². The molecule has 3 nitrogen and oxygen atoms in total. The summed E-state index contributed by atoms with van der Waals surface area (Å²) in [6, 6.07) is 0. The highest BCUT2D eigenvalue weighted by atomic mass is 35.5. The van der Waals surface area contributed by atoms with Gasteiger partial charge < -0.3 is 0 Å². The Morgan fingerprint density at radius 2 is 2.00 bits per heavy atom. The Kier molecular flexibility index (Phi) is 3.31. The summed E-state index contributed by atoms with van der Waals surface area (Å²) in [6.45, 7) is 2.76. The number of carbonyl (C=O) groups excluding carboxylic acids is 1. The molecule has 0 heterocycles. The van der Waals surface area contributed by atoms with Gasteiger partial charge in [0.2, 0.25) is 5.24 Å². The van der Waals surface area contributed by atoms with Crippen LogP contribution in [-0.2, 0) is 14.6 Å². The molecule has 0 aliphatic rings. The summed E-state index contributed by atoms with van der Waals surface area (Å²) in [6.07, 6.45) is 0. The first-order valence-corrected chi connectivity index (χ1v) is 4.92. The molecule has 5 heteroatoms. The van der Waals surface area contributed by atoms with Gasteiger partial charge in [0.15, 0.2) is 9.84 Å². The molecule has 1 atom stereocenters. The van der Waals surface area contributed by atoms with E-state index in [1.807, 2.05) is 0 Å². The van der Waals surface area contributed by atoms with Crippen LogP contribution in [0.25, 0.3) is 0 Å². The van der Waals surface area contributed by atoms with Crippen LogP contribution in [0.4, 0.5) is 0 Å². The van der Waals surface area contributed by atoms with Crippen molar-refractivity contribution in [2.75, 3.05) is 5.75 Å². The second-order valence-electron chi connectivity index (χ2n) is 1.90. The molecule has 0 aliphatic carbocycles. The van der Waals surface area contributed by atoms with Crippen LogP contribution in [0.15, 0.2) is 0 Å². The Bertz CT molecular complexity index is 219. The van der Waals surface area contributed by atoms with Crippen molar-refractivity contribution in [3.63, 3.8) is 0 Å². The average molecular weight is 185 g/mol. The molecular formula is C5H9ClO3S. The predicted molar refractivity (Wildman–Crippen MR) is 39.8 cm³/mol. The van der Waals surface area contributed by atoms with Gasteiger partial charge in [0.25, 0.3) is 0 Å². The van der Waals surface area contributed by atoms with Crippen LogP contribution in [0.2, 0.25) is 0 Å². The zero-order valence-electron chi connectivity index (χ0n) is 5.80. The van der Waals surface area contributed by atoms with E-state index in [0.29, 0.717) is 0 Å². The van der Waals surface area contributed by atoms with Gasteiger partial charge in [0.05, 0.1) is 0 Å². The molecule has 0 amide bonds. The lowest BCUT2D eigenvalue weighted by atomic mass is 10.5. The molecule has 0 aromatic rings. The highest BCUT2D eigenvalue weighted by Crippen LogP contribution is 2.04. The Morgan fingerprint density at radius 1 is 1.60 bits per heavy atom. The molecule has 10 heavy (non-hydrogen) atoms. The summed E-state index contributed by atoms with van der Waals surface area (Å²) in [5.74, 6) is -0.0490. The molecule has 1 unspecified atom stereocenters. The summed E-state index contributed by atoms with van der Waals surface area (Å²) < 4.78 is 21.7. The second-order valence-corrected chi connectivity index (χ2v) is 4.88. The largest absolute Gasteiger partial charge is 0.280 e. The zero-order chi connectivity index (χ0) is 8.36. The van der Waals surface area contributed by atoms with Crippen molar-refractivity contribution in [2.45, 2.75) is 19.1 Å². The molecular weight excluding hydrogens is 176 g/mol. The van der Waals surface area contributed by atoms with Gasteiger partial charge in [-0.05, 0) is 18.5 Å². The lowest BCUT2D eigenvalue weighted by molar-refractivity contribution is -0.111. The summed E-state index contributed by atoms with van der Waals surface area (Å²) in [5.41, 5.74) is 0. The summed E-state index contributed by atoms with van der Waals surface area (Å²) in [7, 11) is -3.28. The third-order valence-electron chi connectivity index (χ3n) is 1.26.